The molecule has 2 heterocycles. The van der Waals surface area contributed by atoms with E-state index in [0.717, 1.165) is 6.26 Å². The molecule has 2 aromatic rings. The molecule has 0 saturated heterocycles. The molecule has 0 aliphatic heterocycles. The van der Waals surface area contributed by atoms with Crippen molar-refractivity contribution < 1.29 is 8.42 Å². The first-order chi connectivity index (χ1) is 6.94. The van der Waals surface area contributed by atoms with Gasteiger partial charge >= 0.3 is 0 Å². The number of halogens is 1. The van der Waals surface area contributed by atoms with E-state index in [1.807, 2.05) is 0 Å². The summed E-state index contributed by atoms with van der Waals surface area (Å²) >= 11 is 5.75. The number of pyridine rings is 1. The van der Waals surface area contributed by atoms with Crippen molar-refractivity contribution in [2.75, 3.05) is 6.26 Å². The lowest BCUT2D eigenvalue weighted by molar-refractivity contribution is 0.599. The Labute approximate surface area is 91.6 Å². The van der Waals surface area contributed by atoms with Gasteiger partial charge in [0.25, 0.3) is 0 Å². The van der Waals surface area contributed by atoms with Gasteiger partial charge in [-0.15, -0.1) is 0 Å². The zero-order valence-electron chi connectivity index (χ0n) is 7.88. The van der Waals surface area contributed by atoms with E-state index >= 15 is 0 Å². The van der Waals surface area contributed by atoms with Crippen LogP contribution in [0.15, 0.2) is 18.3 Å². The molecular formula is C8H8ClN3O2S. The van der Waals surface area contributed by atoms with E-state index in [9.17, 15) is 8.42 Å². The van der Waals surface area contributed by atoms with Crippen molar-refractivity contribution in [1.82, 2.24) is 14.6 Å². The van der Waals surface area contributed by atoms with Crippen molar-refractivity contribution >= 4 is 27.1 Å². The predicted molar refractivity (Wildman–Crippen MR) is 56.5 cm³/mol. The number of fused-ring (bicyclic) bond motifs is 1. The normalized spacial score (nSPS) is 12.1. The molecule has 15 heavy (non-hydrogen) atoms. The minimum atomic E-state index is -3.11. The molecule has 0 unspecified atom stereocenters. The maximum Gasteiger partial charge on any atom is 0.166 e. The van der Waals surface area contributed by atoms with Crippen LogP contribution in [0.1, 0.15) is 5.82 Å². The molecule has 0 radical (unpaired) electrons. The highest BCUT2D eigenvalue weighted by Gasteiger charge is 2.10. The molecule has 0 aromatic carbocycles. The van der Waals surface area contributed by atoms with Gasteiger partial charge in [-0.3, -0.25) is 0 Å². The van der Waals surface area contributed by atoms with E-state index in [4.69, 9.17) is 11.6 Å². The van der Waals surface area contributed by atoms with Crippen LogP contribution in [0, 0.1) is 0 Å². The minimum Gasteiger partial charge on any atom is -0.229 e. The van der Waals surface area contributed by atoms with Crippen LogP contribution >= 0.6 is 11.6 Å². The first-order valence-corrected chi connectivity index (χ1v) is 6.56. The number of hydrogen-bond acceptors (Lipinski definition) is 4. The molecule has 2 rings (SSSR count). The third kappa shape index (κ3) is 2.45. The van der Waals surface area contributed by atoms with Crippen molar-refractivity contribution in [2.45, 2.75) is 5.75 Å². The molecule has 0 fully saturated rings. The minimum absolute atomic E-state index is 0.160. The predicted octanol–water partition coefficient (Wildman–Crippen LogP) is 0.927. The molecule has 0 aliphatic carbocycles. The standard InChI is InChI=1S/C8H8ClN3O2S/c1-15(13,14)5-7-10-8-3-2-6(9)4-12(8)11-7/h2-4H,5H2,1H3. The monoisotopic (exact) mass is 245 g/mol. The largest absolute Gasteiger partial charge is 0.229 e. The van der Waals surface area contributed by atoms with Gasteiger partial charge in [0, 0.05) is 12.5 Å². The smallest absolute Gasteiger partial charge is 0.166 e. The SMILES string of the molecule is CS(=O)(=O)Cc1nc2ccc(Cl)cn2n1. The van der Waals surface area contributed by atoms with Crippen LogP contribution in [0.2, 0.25) is 5.02 Å². The molecule has 7 heteroatoms. The van der Waals surface area contributed by atoms with Gasteiger partial charge in [-0.2, -0.15) is 5.10 Å². The topological polar surface area (TPSA) is 64.3 Å². The van der Waals surface area contributed by atoms with Gasteiger partial charge in [-0.25, -0.2) is 17.9 Å². The van der Waals surface area contributed by atoms with Crippen LogP contribution < -0.4 is 0 Å². The fourth-order valence-corrected chi connectivity index (χ4v) is 1.95. The molecule has 0 amide bonds. The second-order valence-electron chi connectivity index (χ2n) is 3.25. The number of rotatable bonds is 2. The Kier molecular flexibility index (Phi) is 2.40. The highest BCUT2D eigenvalue weighted by Crippen LogP contribution is 2.10. The number of hydrogen-bond donors (Lipinski definition) is 0. The number of aromatic nitrogens is 3. The molecule has 0 aliphatic rings. The van der Waals surface area contributed by atoms with Crippen LogP contribution in [0.4, 0.5) is 0 Å². The lowest BCUT2D eigenvalue weighted by Crippen LogP contribution is -2.02. The highest BCUT2D eigenvalue weighted by molar-refractivity contribution is 7.89. The van der Waals surface area contributed by atoms with Gasteiger partial charge in [-0.05, 0) is 12.1 Å². The first-order valence-electron chi connectivity index (χ1n) is 4.12. The molecular weight excluding hydrogens is 238 g/mol. The van der Waals surface area contributed by atoms with E-state index < -0.39 is 9.84 Å². The lowest BCUT2D eigenvalue weighted by atomic mass is 10.5. The fourth-order valence-electron chi connectivity index (χ4n) is 1.20. The van der Waals surface area contributed by atoms with E-state index in [0.29, 0.717) is 10.7 Å². The maximum atomic E-state index is 11.0. The molecule has 5 nitrogen and oxygen atoms in total. The summed E-state index contributed by atoms with van der Waals surface area (Å²) < 4.78 is 23.5. The Hall–Kier alpha value is -1.14. The average molecular weight is 246 g/mol. The second-order valence-corrected chi connectivity index (χ2v) is 5.82. The van der Waals surface area contributed by atoms with Gasteiger partial charge in [-0.1, -0.05) is 11.6 Å². The van der Waals surface area contributed by atoms with E-state index in [1.165, 1.54) is 4.52 Å². The Bertz CT molecular complexity index is 605. The summed E-state index contributed by atoms with van der Waals surface area (Å²) in [7, 11) is -3.11. The quantitative estimate of drug-likeness (QED) is 0.790. The zero-order valence-corrected chi connectivity index (χ0v) is 9.46. The van der Waals surface area contributed by atoms with Gasteiger partial charge in [0.15, 0.2) is 21.3 Å². The van der Waals surface area contributed by atoms with Crippen molar-refractivity contribution in [1.29, 1.82) is 0 Å². The second kappa shape index (κ2) is 3.46. The van der Waals surface area contributed by atoms with Crippen molar-refractivity contribution in [2.24, 2.45) is 0 Å². The maximum absolute atomic E-state index is 11.0. The van der Waals surface area contributed by atoms with Gasteiger partial charge in [0.2, 0.25) is 0 Å². The molecule has 80 valence electrons. The molecule has 0 spiro atoms. The molecule has 0 N–H and O–H groups in total. The van der Waals surface area contributed by atoms with Gasteiger partial charge in [0.1, 0.15) is 5.75 Å². The Morgan fingerprint density at radius 1 is 1.47 bits per heavy atom. The number of nitrogens with zero attached hydrogens (tertiary/aromatic N) is 3. The molecule has 0 saturated carbocycles. The zero-order chi connectivity index (χ0) is 11.1. The van der Waals surface area contributed by atoms with Crippen LogP contribution in [0.5, 0.6) is 0 Å². The molecule has 2 aromatic heterocycles. The molecule has 0 atom stereocenters. The van der Waals surface area contributed by atoms with Crippen molar-refractivity contribution in [3.63, 3.8) is 0 Å². The summed E-state index contributed by atoms with van der Waals surface area (Å²) in [6.45, 7) is 0. The first kappa shape index (κ1) is 10.4. The summed E-state index contributed by atoms with van der Waals surface area (Å²) in [6, 6.07) is 3.36. The van der Waals surface area contributed by atoms with Crippen molar-refractivity contribution in [3.8, 4) is 0 Å². The fraction of sp³-hybridized carbons (Fsp3) is 0.250. The van der Waals surface area contributed by atoms with Crippen LogP contribution in [0.25, 0.3) is 5.65 Å². The summed E-state index contributed by atoms with van der Waals surface area (Å²) in [4.78, 5) is 4.05. The van der Waals surface area contributed by atoms with E-state index in [-0.39, 0.29) is 11.6 Å². The van der Waals surface area contributed by atoms with Gasteiger partial charge < -0.3 is 0 Å². The van der Waals surface area contributed by atoms with E-state index in [2.05, 4.69) is 10.1 Å². The summed E-state index contributed by atoms with van der Waals surface area (Å²) in [6.07, 6.45) is 2.72. The van der Waals surface area contributed by atoms with E-state index in [1.54, 1.807) is 18.3 Å². The third-order valence-electron chi connectivity index (χ3n) is 1.73. The van der Waals surface area contributed by atoms with Crippen LogP contribution in [-0.4, -0.2) is 29.3 Å². The lowest BCUT2D eigenvalue weighted by Gasteiger charge is -1.90. The Morgan fingerprint density at radius 2 is 2.20 bits per heavy atom. The highest BCUT2D eigenvalue weighted by atomic mass is 35.5. The summed E-state index contributed by atoms with van der Waals surface area (Å²) in [5.41, 5.74) is 0.582. The summed E-state index contributed by atoms with van der Waals surface area (Å²) in [5, 5.41) is 4.53. The van der Waals surface area contributed by atoms with Crippen molar-refractivity contribution in [3.05, 3.63) is 29.2 Å². The summed E-state index contributed by atoms with van der Waals surface area (Å²) in [5.74, 6) is 0.117. The average Bonchev–Trinajstić information content (AvgIpc) is 2.42. The van der Waals surface area contributed by atoms with Crippen LogP contribution in [-0.2, 0) is 15.6 Å². The number of sulfone groups is 1. The van der Waals surface area contributed by atoms with Gasteiger partial charge in [0.05, 0.1) is 5.02 Å². The Morgan fingerprint density at radius 3 is 2.87 bits per heavy atom. The van der Waals surface area contributed by atoms with Crippen LogP contribution in [0.3, 0.4) is 0 Å². The molecule has 0 bridgehead atoms. The Balaban J connectivity index is 2.48. The third-order valence-corrected chi connectivity index (χ3v) is 2.74.